The molecule has 4 rings (SSSR count). The lowest BCUT2D eigenvalue weighted by Crippen LogP contribution is -2.40. The molecule has 0 spiro atoms. The highest BCUT2D eigenvalue weighted by atomic mass is 32.1. The van der Waals surface area contributed by atoms with Crippen molar-refractivity contribution in [1.29, 1.82) is 0 Å². The van der Waals surface area contributed by atoms with E-state index in [1.54, 1.807) is 13.0 Å². The van der Waals surface area contributed by atoms with Crippen LogP contribution in [-0.4, -0.2) is 28.0 Å². The van der Waals surface area contributed by atoms with Gasteiger partial charge in [-0.25, -0.2) is 22.9 Å². The number of carboxylic acids is 1. The van der Waals surface area contributed by atoms with E-state index in [-0.39, 0.29) is 23.5 Å². The van der Waals surface area contributed by atoms with Crippen LogP contribution in [0.3, 0.4) is 0 Å². The van der Waals surface area contributed by atoms with Crippen LogP contribution in [0.1, 0.15) is 23.7 Å². The summed E-state index contributed by atoms with van der Waals surface area (Å²) in [5, 5.41) is 14.6. The van der Waals surface area contributed by atoms with Crippen LogP contribution in [0.2, 0.25) is 0 Å². The van der Waals surface area contributed by atoms with E-state index in [2.05, 4.69) is 15.6 Å². The molecule has 0 bridgehead atoms. The molecular weight excluding hydrogens is 467 g/mol. The summed E-state index contributed by atoms with van der Waals surface area (Å²) >= 11 is 1.18. The molecule has 174 valence electrons. The summed E-state index contributed by atoms with van der Waals surface area (Å²) in [6.45, 7) is 1.59. The zero-order valence-corrected chi connectivity index (χ0v) is 18.6. The molecule has 0 aliphatic carbocycles. The van der Waals surface area contributed by atoms with Crippen molar-refractivity contribution in [3.8, 4) is 11.1 Å². The number of carboxylic acid groups (broad SMARTS) is 1. The van der Waals surface area contributed by atoms with E-state index in [9.17, 15) is 22.8 Å². The highest BCUT2D eigenvalue weighted by Crippen LogP contribution is 2.31. The summed E-state index contributed by atoms with van der Waals surface area (Å²) in [7, 11) is 0. The molecule has 0 radical (unpaired) electrons. The number of amides is 1. The fourth-order valence-corrected chi connectivity index (χ4v) is 4.22. The Balaban J connectivity index is 1.53. The van der Waals surface area contributed by atoms with Crippen molar-refractivity contribution < 1.29 is 27.9 Å². The first-order chi connectivity index (χ1) is 16.2. The summed E-state index contributed by atoms with van der Waals surface area (Å²) in [6, 6.07) is 11.1. The molecule has 3 aromatic carbocycles. The molecule has 1 amide bonds. The number of hydrogen-bond acceptors (Lipinski definition) is 5. The van der Waals surface area contributed by atoms with Crippen LogP contribution in [0.25, 0.3) is 21.3 Å². The van der Waals surface area contributed by atoms with Gasteiger partial charge in [0.25, 0.3) is 5.91 Å². The third-order valence-electron chi connectivity index (χ3n) is 5.12. The average molecular weight is 485 g/mol. The minimum atomic E-state index is -1.21. The Morgan fingerprint density at radius 1 is 1.00 bits per heavy atom. The van der Waals surface area contributed by atoms with Crippen molar-refractivity contribution in [2.75, 3.05) is 5.32 Å². The van der Waals surface area contributed by atoms with E-state index in [1.807, 2.05) is 0 Å². The fraction of sp³-hybridized carbons (Fsp3) is 0.125. The maximum atomic E-state index is 14.7. The standard InChI is InChI=1S/C24H18F3N3O3S/c1-2-18(23(32)33)28-22(31)15-6-3-12(9-16(15)26)13-4-7-19(17(27)10-13)29-24-30-20-8-5-14(25)11-21(20)34-24/h3-11,18H,2H2,1H3,(H,28,31)(H,29,30)(H,32,33)/t18-/m0/s1. The van der Waals surface area contributed by atoms with Gasteiger partial charge in [-0.05, 0) is 60.0 Å². The lowest BCUT2D eigenvalue weighted by molar-refractivity contribution is -0.139. The molecule has 0 saturated carbocycles. The highest BCUT2D eigenvalue weighted by molar-refractivity contribution is 7.22. The zero-order valence-electron chi connectivity index (χ0n) is 17.7. The van der Waals surface area contributed by atoms with E-state index >= 15 is 0 Å². The molecule has 3 N–H and O–H groups in total. The second-order valence-electron chi connectivity index (χ2n) is 7.42. The number of nitrogens with one attached hydrogen (secondary N) is 2. The third-order valence-corrected chi connectivity index (χ3v) is 6.05. The topological polar surface area (TPSA) is 91.3 Å². The normalized spacial score (nSPS) is 11.9. The second-order valence-corrected chi connectivity index (χ2v) is 8.45. The quantitative estimate of drug-likeness (QED) is 0.312. The number of halogens is 3. The summed E-state index contributed by atoms with van der Waals surface area (Å²) in [4.78, 5) is 27.6. The van der Waals surface area contributed by atoms with E-state index in [0.29, 0.717) is 26.5 Å². The maximum Gasteiger partial charge on any atom is 0.326 e. The first kappa shape index (κ1) is 23.2. The Kier molecular flexibility index (Phi) is 6.51. The third kappa shape index (κ3) is 4.86. The van der Waals surface area contributed by atoms with Gasteiger partial charge in [-0.15, -0.1) is 0 Å². The number of carbonyl (C=O) groups is 2. The molecule has 4 aromatic rings. The zero-order chi connectivity index (χ0) is 24.4. The Bertz CT molecular complexity index is 1410. The van der Waals surface area contributed by atoms with Crippen molar-refractivity contribution in [2.45, 2.75) is 19.4 Å². The minimum absolute atomic E-state index is 0.138. The summed E-state index contributed by atoms with van der Waals surface area (Å²) in [5.74, 6) is -3.92. The number of anilines is 2. The largest absolute Gasteiger partial charge is 0.480 e. The molecule has 0 aliphatic heterocycles. The number of aliphatic carboxylic acids is 1. The monoisotopic (exact) mass is 485 g/mol. The van der Waals surface area contributed by atoms with Gasteiger partial charge in [-0.3, -0.25) is 4.79 Å². The molecule has 0 aliphatic rings. The van der Waals surface area contributed by atoms with Crippen molar-refractivity contribution >= 4 is 44.2 Å². The first-order valence-electron chi connectivity index (χ1n) is 10.2. The smallest absolute Gasteiger partial charge is 0.326 e. The Labute approximate surface area is 196 Å². The van der Waals surface area contributed by atoms with Crippen LogP contribution < -0.4 is 10.6 Å². The van der Waals surface area contributed by atoms with E-state index < -0.39 is 29.6 Å². The predicted molar refractivity (Wildman–Crippen MR) is 124 cm³/mol. The average Bonchev–Trinajstić information content (AvgIpc) is 3.19. The number of carbonyl (C=O) groups excluding carboxylic acids is 1. The maximum absolute atomic E-state index is 14.7. The predicted octanol–water partition coefficient (Wildman–Crippen LogP) is 5.72. The number of thiazole rings is 1. The molecule has 1 heterocycles. The Morgan fingerprint density at radius 3 is 2.35 bits per heavy atom. The summed E-state index contributed by atoms with van der Waals surface area (Å²) < 4.78 is 43.3. The van der Waals surface area contributed by atoms with Gasteiger partial charge in [-0.2, -0.15) is 0 Å². The minimum Gasteiger partial charge on any atom is -0.480 e. The Morgan fingerprint density at radius 2 is 1.71 bits per heavy atom. The van der Waals surface area contributed by atoms with Crippen molar-refractivity contribution in [2.24, 2.45) is 0 Å². The van der Waals surface area contributed by atoms with Crippen LogP contribution in [0.5, 0.6) is 0 Å². The molecule has 1 atom stereocenters. The molecule has 34 heavy (non-hydrogen) atoms. The van der Waals surface area contributed by atoms with E-state index in [1.165, 1.54) is 53.8 Å². The van der Waals surface area contributed by atoms with E-state index in [0.717, 1.165) is 6.07 Å². The van der Waals surface area contributed by atoms with Crippen molar-refractivity contribution in [3.63, 3.8) is 0 Å². The van der Waals surface area contributed by atoms with Crippen molar-refractivity contribution in [1.82, 2.24) is 10.3 Å². The van der Waals surface area contributed by atoms with Gasteiger partial charge in [0.1, 0.15) is 23.5 Å². The molecule has 10 heteroatoms. The van der Waals surface area contributed by atoms with Gasteiger partial charge in [0.15, 0.2) is 5.13 Å². The van der Waals surface area contributed by atoms with Gasteiger partial charge in [0.2, 0.25) is 0 Å². The molecule has 0 unspecified atom stereocenters. The highest BCUT2D eigenvalue weighted by Gasteiger charge is 2.21. The lowest BCUT2D eigenvalue weighted by atomic mass is 10.0. The fourth-order valence-electron chi connectivity index (χ4n) is 3.32. The molecular formula is C24H18F3N3O3S. The van der Waals surface area contributed by atoms with Crippen molar-refractivity contribution in [3.05, 3.63) is 77.6 Å². The van der Waals surface area contributed by atoms with Gasteiger partial charge in [-0.1, -0.05) is 30.4 Å². The SMILES string of the molecule is CC[C@H](NC(=O)c1ccc(-c2ccc(Nc3nc4ccc(F)cc4s3)c(F)c2)cc1F)C(=O)O. The number of nitrogens with zero attached hydrogens (tertiary/aromatic N) is 1. The first-order valence-corrected chi connectivity index (χ1v) is 11.0. The summed E-state index contributed by atoms with van der Waals surface area (Å²) in [5.41, 5.74) is 1.12. The second kappa shape index (κ2) is 9.52. The van der Waals surface area contributed by atoms with Gasteiger partial charge in [0, 0.05) is 0 Å². The molecule has 6 nitrogen and oxygen atoms in total. The van der Waals surface area contributed by atoms with Crippen LogP contribution in [-0.2, 0) is 4.79 Å². The number of hydrogen-bond donors (Lipinski definition) is 3. The van der Waals surface area contributed by atoms with E-state index in [4.69, 9.17) is 5.11 Å². The summed E-state index contributed by atoms with van der Waals surface area (Å²) in [6.07, 6.45) is 0.147. The van der Waals surface area contributed by atoms with Gasteiger partial charge in [0.05, 0.1) is 21.5 Å². The van der Waals surface area contributed by atoms with Crippen LogP contribution in [0.15, 0.2) is 54.6 Å². The molecule has 0 fully saturated rings. The lowest BCUT2D eigenvalue weighted by Gasteiger charge is -2.13. The van der Waals surface area contributed by atoms with Crippen LogP contribution >= 0.6 is 11.3 Å². The number of benzene rings is 3. The Hall–Kier alpha value is -3.92. The number of aromatic nitrogens is 1. The van der Waals surface area contributed by atoms with Crippen LogP contribution in [0.4, 0.5) is 24.0 Å². The van der Waals surface area contributed by atoms with Gasteiger partial charge >= 0.3 is 5.97 Å². The number of rotatable bonds is 7. The molecule has 0 saturated heterocycles. The molecule has 1 aromatic heterocycles. The number of fused-ring (bicyclic) bond motifs is 1. The van der Waals surface area contributed by atoms with Gasteiger partial charge < -0.3 is 15.7 Å². The van der Waals surface area contributed by atoms with Crippen LogP contribution in [0, 0.1) is 17.5 Å².